The smallest absolute Gasteiger partial charge is 0.417 e. The molecule has 152 valence electrons. The highest BCUT2D eigenvalue weighted by Gasteiger charge is 2.31. The summed E-state index contributed by atoms with van der Waals surface area (Å²) in [7, 11) is 0. The molecule has 6 nitrogen and oxygen atoms in total. The number of esters is 1. The maximum absolute atomic E-state index is 12.7. The molecule has 0 aromatic carbocycles. The minimum atomic E-state index is -4.64. The number of pyridine rings is 1. The summed E-state index contributed by atoms with van der Waals surface area (Å²) >= 11 is 0. The van der Waals surface area contributed by atoms with Crippen molar-refractivity contribution in [3.8, 4) is 0 Å². The Labute approximate surface area is 155 Å². The van der Waals surface area contributed by atoms with Crippen LogP contribution in [0.2, 0.25) is 0 Å². The normalized spacial score (nSPS) is 11.7. The van der Waals surface area contributed by atoms with Gasteiger partial charge in [-0.05, 0) is 17.9 Å². The standard InChI is InChI=1S/C18H25F3N2O4/c1-12(2)7-22(8-13(3)4)16(25)11-27-17(26)10-23-9-14(18(19,20)21)5-6-15(23)24/h5-6,9,12-13H,7-8,10-11H2,1-4H3. The van der Waals surface area contributed by atoms with Gasteiger partial charge in [-0.25, -0.2) is 0 Å². The van der Waals surface area contributed by atoms with Gasteiger partial charge in [0.15, 0.2) is 6.61 Å². The summed E-state index contributed by atoms with van der Waals surface area (Å²) in [6, 6.07) is 1.37. The van der Waals surface area contributed by atoms with Crippen LogP contribution in [0.15, 0.2) is 23.1 Å². The number of rotatable bonds is 8. The zero-order valence-electron chi connectivity index (χ0n) is 15.9. The van der Waals surface area contributed by atoms with E-state index in [1.807, 2.05) is 27.7 Å². The fourth-order valence-electron chi connectivity index (χ4n) is 2.40. The molecule has 1 rings (SSSR count). The molecule has 0 atom stereocenters. The van der Waals surface area contributed by atoms with Crippen molar-refractivity contribution in [1.29, 1.82) is 0 Å². The van der Waals surface area contributed by atoms with E-state index in [-0.39, 0.29) is 17.7 Å². The topological polar surface area (TPSA) is 68.6 Å². The van der Waals surface area contributed by atoms with Gasteiger partial charge >= 0.3 is 12.1 Å². The molecule has 0 N–H and O–H groups in total. The first-order valence-corrected chi connectivity index (χ1v) is 8.61. The number of ether oxygens (including phenoxy) is 1. The van der Waals surface area contributed by atoms with Crippen LogP contribution < -0.4 is 5.56 Å². The highest BCUT2D eigenvalue weighted by molar-refractivity contribution is 5.80. The lowest BCUT2D eigenvalue weighted by Crippen LogP contribution is -2.40. The lowest BCUT2D eigenvalue weighted by atomic mass is 10.1. The fraction of sp³-hybridized carbons (Fsp3) is 0.611. The molecular weight excluding hydrogens is 365 g/mol. The van der Waals surface area contributed by atoms with Gasteiger partial charge in [0.25, 0.3) is 11.5 Å². The number of amides is 1. The van der Waals surface area contributed by atoms with Gasteiger partial charge in [0.1, 0.15) is 6.54 Å². The quantitative estimate of drug-likeness (QED) is 0.640. The van der Waals surface area contributed by atoms with Gasteiger partial charge in [-0.1, -0.05) is 27.7 Å². The van der Waals surface area contributed by atoms with E-state index < -0.39 is 36.4 Å². The predicted molar refractivity (Wildman–Crippen MR) is 92.9 cm³/mol. The van der Waals surface area contributed by atoms with E-state index >= 15 is 0 Å². The molecule has 0 aliphatic rings. The molecule has 1 aromatic heterocycles. The molecule has 1 heterocycles. The zero-order valence-corrected chi connectivity index (χ0v) is 15.9. The van der Waals surface area contributed by atoms with E-state index in [2.05, 4.69) is 0 Å². The Morgan fingerprint density at radius 2 is 1.67 bits per heavy atom. The van der Waals surface area contributed by atoms with E-state index in [1.54, 1.807) is 4.90 Å². The number of halogens is 3. The second-order valence-corrected chi connectivity index (χ2v) is 7.13. The Kier molecular flexibility index (Phi) is 8.05. The molecule has 0 saturated heterocycles. The van der Waals surface area contributed by atoms with Crippen molar-refractivity contribution >= 4 is 11.9 Å². The Hall–Kier alpha value is -2.32. The summed E-state index contributed by atoms with van der Waals surface area (Å²) in [6.45, 7) is 7.58. The Balaban J connectivity index is 2.72. The van der Waals surface area contributed by atoms with E-state index in [4.69, 9.17) is 4.74 Å². The van der Waals surface area contributed by atoms with E-state index in [9.17, 15) is 27.6 Å². The van der Waals surface area contributed by atoms with Crippen molar-refractivity contribution in [3.63, 3.8) is 0 Å². The number of carbonyl (C=O) groups excluding carboxylic acids is 2. The van der Waals surface area contributed by atoms with Gasteiger partial charge in [-0.2, -0.15) is 13.2 Å². The minimum Gasteiger partial charge on any atom is -0.454 e. The summed E-state index contributed by atoms with van der Waals surface area (Å²) < 4.78 is 43.6. The van der Waals surface area contributed by atoms with Gasteiger partial charge in [-0.3, -0.25) is 14.4 Å². The number of alkyl halides is 3. The molecule has 0 spiro atoms. The van der Waals surface area contributed by atoms with Crippen LogP contribution in [-0.4, -0.2) is 41.0 Å². The molecule has 0 bridgehead atoms. The van der Waals surface area contributed by atoms with Gasteiger partial charge in [0, 0.05) is 25.4 Å². The van der Waals surface area contributed by atoms with Crippen molar-refractivity contribution in [2.75, 3.05) is 19.7 Å². The van der Waals surface area contributed by atoms with Crippen LogP contribution in [0, 0.1) is 11.8 Å². The number of hydrogen-bond donors (Lipinski definition) is 0. The first-order valence-electron chi connectivity index (χ1n) is 8.61. The Morgan fingerprint density at radius 1 is 1.11 bits per heavy atom. The summed E-state index contributed by atoms with van der Waals surface area (Å²) in [5.74, 6) is -0.889. The number of carbonyl (C=O) groups is 2. The van der Waals surface area contributed by atoms with Crippen LogP contribution in [0.4, 0.5) is 13.2 Å². The first-order chi connectivity index (χ1) is 12.4. The lowest BCUT2D eigenvalue weighted by molar-refractivity contribution is -0.153. The molecule has 0 aliphatic carbocycles. The van der Waals surface area contributed by atoms with Crippen LogP contribution in [0.1, 0.15) is 33.3 Å². The Morgan fingerprint density at radius 3 is 2.15 bits per heavy atom. The molecule has 0 fully saturated rings. The number of nitrogens with zero attached hydrogens (tertiary/aromatic N) is 2. The maximum atomic E-state index is 12.7. The van der Waals surface area contributed by atoms with Gasteiger partial charge < -0.3 is 14.2 Å². The number of aromatic nitrogens is 1. The van der Waals surface area contributed by atoms with Gasteiger partial charge in [0.2, 0.25) is 0 Å². The third-order valence-corrected chi connectivity index (χ3v) is 3.49. The van der Waals surface area contributed by atoms with Crippen LogP contribution in [0.25, 0.3) is 0 Å². The van der Waals surface area contributed by atoms with Crippen molar-refractivity contribution < 1.29 is 27.5 Å². The second kappa shape index (κ2) is 9.57. The van der Waals surface area contributed by atoms with Crippen LogP contribution in [0.5, 0.6) is 0 Å². The van der Waals surface area contributed by atoms with Crippen molar-refractivity contribution in [2.24, 2.45) is 11.8 Å². The zero-order chi connectivity index (χ0) is 20.8. The third-order valence-electron chi connectivity index (χ3n) is 3.49. The van der Waals surface area contributed by atoms with Gasteiger partial charge in [0.05, 0.1) is 5.56 Å². The molecule has 0 unspecified atom stereocenters. The van der Waals surface area contributed by atoms with Crippen molar-refractivity contribution in [3.05, 3.63) is 34.2 Å². The molecule has 0 radical (unpaired) electrons. The maximum Gasteiger partial charge on any atom is 0.417 e. The second-order valence-electron chi connectivity index (χ2n) is 7.13. The van der Waals surface area contributed by atoms with Crippen molar-refractivity contribution in [2.45, 2.75) is 40.4 Å². The molecule has 0 saturated carbocycles. The molecule has 0 aliphatic heterocycles. The summed E-state index contributed by atoms with van der Waals surface area (Å²) in [5.41, 5.74) is -1.82. The molecule has 9 heteroatoms. The molecule has 27 heavy (non-hydrogen) atoms. The van der Waals surface area contributed by atoms with Crippen molar-refractivity contribution in [1.82, 2.24) is 9.47 Å². The largest absolute Gasteiger partial charge is 0.454 e. The Bertz CT molecular complexity index is 701. The predicted octanol–water partition coefficient (Wildman–Crippen LogP) is 2.55. The van der Waals surface area contributed by atoms with E-state index in [0.717, 1.165) is 6.07 Å². The van der Waals surface area contributed by atoms with Crippen LogP contribution in [-0.2, 0) is 27.0 Å². The summed E-state index contributed by atoms with van der Waals surface area (Å²) in [5, 5.41) is 0. The van der Waals surface area contributed by atoms with Crippen LogP contribution >= 0.6 is 0 Å². The molecule has 1 aromatic rings. The SMILES string of the molecule is CC(C)CN(CC(C)C)C(=O)COC(=O)Cn1cc(C(F)(F)F)ccc1=O. The fourth-order valence-corrected chi connectivity index (χ4v) is 2.40. The van der Waals surface area contributed by atoms with E-state index in [1.165, 1.54) is 0 Å². The third kappa shape index (κ3) is 7.84. The molecular formula is C18H25F3N2O4. The number of hydrogen-bond acceptors (Lipinski definition) is 4. The van der Waals surface area contributed by atoms with Crippen LogP contribution in [0.3, 0.4) is 0 Å². The molecule has 1 amide bonds. The summed E-state index contributed by atoms with van der Waals surface area (Å²) in [6.07, 6.45) is -4.08. The summed E-state index contributed by atoms with van der Waals surface area (Å²) in [4.78, 5) is 37.3. The van der Waals surface area contributed by atoms with Gasteiger partial charge in [-0.15, -0.1) is 0 Å². The average molecular weight is 390 g/mol. The average Bonchev–Trinajstić information content (AvgIpc) is 2.52. The highest BCUT2D eigenvalue weighted by Crippen LogP contribution is 2.27. The van der Waals surface area contributed by atoms with E-state index in [0.29, 0.717) is 29.9 Å². The lowest BCUT2D eigenvalue weighted by Gasteiger charge is -2.26. The monoisotopic (exact) mass is 390 g/mol. The minimum absolute atomic E-state index is 0.229. The first kappa shape index (κ1) is 22.7. The highest BCUT2D eigenvalue weighted by atomic mass is 19.4.